The number of anilines is 1. The van der Waals surface area contributed by atoms with E-state index in [0.717, 1.165) is 42.4 Å². The van der Waals surface area contributed by atoms with Crippen molar-refractivity contribution in [3.63, 3.8) is 0 Å². The van der Waals surface area contributed by atoms with Crippen LogP contribution in [0.2, 0.25) is 0 Å². The van der Waals surface area contributed by atoms with Crippen molar-refractivity contribution in [3.8, 4) is 0 Å². The highest BCUT2D eigenvalue weighted by atomic mass is 16.2. The van der Waals surface area contributed by atoms with Gasteiger partial charge in [-0.3, -0.25) is 9.78 Å². The zero-order chi connectivity index (χ0) is 17.8. The quantitative estimate of drug-likeness (QED) is 0.693. The van der Waals surface area contributed by atoms with E-state index in [4.69, 9.17) is 0 Å². The highest BCUT2D eigenvalue weighted by molar-refractivity contribution is 5.95. The number of carbonyl (C=O) groups excluding carboxylic acids is 1. The molecular weight excluding hydrogens is 330 g/mol. The van der Waals surface area contributed by atoms with Crippen molar-refractivity contribution in [1.29, 1.82) is 0 Å². The Kier molecular flexibility index (Phi) is 3.22. The van der Waals surface area contributed by atoms with E-state index in [2.05, 4.69) is 25.2 Å². The smallest absolute Gasteiger partial charge is 0.273 e. The Hall–Kier alpha value is -3.03. The minimum Gasteiger partial charge on any atom is -0.351 e. The summed E-state index contributed by atoms with van der Waals surface area (Å²) in [5.41, 5.74) is 2.24. The lowest BCUT2D eigenvalue weighted by atomic mass is 9.86. The van der Waals surface area contributed by atoms with Gasteiger partial charge in [0.25, 0.3) is 5.91 Å². The SMILES string of the molecule is Cc1cccnc1C(=O)N1C2CC1CN(c1ccc3nnc(C)n3n1)C2. The van der Waals surface area contributed by atoms with Gasteiger partial charge >= 0.3 is 0 Å². The molecule has 0 aromatic carbocycles. The Balaban J connectivity index is 1.37. The number of carbonyl (C=O) groups is 1. The molecule has 3 aliphatic rings. The Morgan fingerprint density at radius 3 is 2.69 bits per heavy atom. The van der Waals surface area contributed by atoms with Gasteiger partial charge in [0, 0.05) is 19.3 Å². The normalized spacial score (nSPS) is 21.8. The second-order valence-corrected chi connectivity index (χ2v) is 7.04. The lowest BCUT2D eigenvalue weighted by molar-refractivity contribution is 0.00514. The Bertz CT molecular complexity index is 1000. The summed E-state index contributed by atoms with van der Waals surface area (Å²) in [6, 6.07) is 8.12. The van der Waals surface area contributed by atoms with E-state index >= 15 is 0 Å². The van der Waals surface area contributed by atoms with E-state index < -0.39 is 0 Å². The van der Waals surface area contributed by atoms with Gasteiger partial charge in [-0.2, -0.15) is 4.52 Å². The maximum Gasteiger partial charge on any atom is 0.273 e. The molecule has 0 saturated carbocycles. The molecule has 0 radical (unpaired) electrons. The number of piperidine rings is 1. The highest BCUT2D eigenvalue weighted by Gasteiger charge is 2.48. The van der Waals surface area contributed by atoms with Gasteiger partial charge in [0.05, 0.1) is 12.1 Å². The number of aromatic nitrogens is 5. The fourth-order valence-electron chi connectivity index (χ4n) is 4.02. The molecule has 3 saturated heterocycles. The maximum absolute atomic E-state index is 12.9. The lowest BCUT2D eigenvalue weighted by Crippen LogP contribution is -2.70. The summed E-state index contributed by atoms with van der Waals surface area (Å²) in [4.78, 5) is 21.4. The first-order chi connectivity index (χ1) is 12.6. The molecule has 3 aromatic heterocycles. The van der Waals surface area contributed by atoms with Crippen LogP contribution in [0.25, 0.3) is 5.65 Å². The van der Waals surface area contributed by atoms with E-state index in [1.807, 2.05) is 43.0 Å². The molecule has 6 heterocycles. The van der Waals surface area contributed by atoms with Crippen LogP contribution in [0.15, 0.2) is 30.5 Å². The summed E-state index contributed by atoms with van der Waals surface area (Å²) in [6.07, 6.45) is 2.73. The molecule has 8 nitrogen and oxygen atoms in total. The third-order valence-electron chi connectivity index (χ3n) is 5.37. The number of amides is 1. The number of hydrogen-bond acceptors (Lipinski definition) is 6. The summed E-state index contributed by atoms with van der Waals surface area (Å²) in [5.74, 6) is 1.71. The minimum absolute atomic E-state index is 0.0436. The van der Waals surface area contributed by atoms with Crippen LogP contribution in [0, 0.1) is 13.8 Å². The number of hydrogen-bond donors (Lipinski definition) is 0. The first kappa shape index (κ1) is 15.2. The second-order valence-electron chi connectivity index (χ2n) is 7.04. The van der Waals surface area contributed by atoms with Crippen molar-refractivity contribution in [2.75, 3.05) is 18.0 Å². The monoisotopic (exact) mass is 349 g/mol. The minimum atomic E-state index is 0.0436. The van der Waals surface area contributed by atoms with Crippen molar-refractivity contribution in [3.05, 3.63) is 47.5 Å². The molecule has 6 rings (SSSR count). The summed E-state index contributed by atoms with van der Waals surface area (Å²) >= 11 is 0. The molecule has 8 heteroatoms. The van der Waals surface area contributed by atoms with Crippen LogP contribution in [-0.2, 0) is 0 Å². The summed E-state index contributed by atoms with van der Waals surface area (Å²) in [7, 11) is 0. The van der Waals surface area contributed by atoms with Crippen molar-refractivity contribution < 1.29 is 4.79 Å². The Labute approximate surface area is 150 Å². The predicted molar refractivity (Wildman–Crippen MR) is 95.1 cm³/mol. The Morgan fingerprint density at radius 2 is 1.92 bits per heavy atom. The third-order valence-corrected chi connectivity index (χ3v) is 5.37. The molecule has 3 aliphatic heterocycles. The number of piperazine rings is 1. The zero-order valence-electron chi connectivity index (χ0n) is 14.7. The van der Waals surface area contributed by atoms with Gasteiger partial charge in [0.2, 0.25) is 0 Å². The lowest BCUT2D eigenvalue weighted by Gasteiger charge is -2.56. The van der Waals surface area contributed by atoms with E-state index in [9.17, 15) is 4.79 Å². The largest absolute Gasteiger partial charge is 0.351 e. The van der Waals surface area contributed by atoms with E-state index in [1.165, 1.54) is 0 Å². The molecule has 3 fully saturated rings. The predicted octanol–water partition coefficient (Wildman–Crippen LogP) is 1.24. The molecule has 2 unspecified atom stereocenters. The fraction of sp³-hybridized carbons (Fsp3) is 0.389. The first-order valence-electron chi connectivity index (χ1n) is 8.80. The van der Waals surface area contributed by atoms with Gasteiger partial charge in [-0.25, -0.2) is 0 Å². The van der Waals surface area contributed by atoms with Crippen LogP contribution in [0.1, 0.15) is 28.3 Å². The van der Waals surface area contributed by atoms with Gasteiger partial charge in [0.15, 0.2) is 11.5 Å². The molecule has 132 valence electrons. The van der Waals surface area contributed by atoms with Crippen molar-refractivity contribution in [2.45, 2.75) is 32.4 Å². The molecule has 0 spiro atoms. The standard InChI is InChI=1S/C18H19N7O/c1-11-4-3-7-19-17(11)18(26)24-13-8-14(24)10-23(9-13)16-6-5-15-21-20-12(2)25(15)22-16/h3-7,13-14H,8-10H2,1-2H3. The van der Waals surface area contributed by atoms with Crippen LogP contribution < -0.4 is 4.90 Å². The molecule has 2 atom stereocenters. The summed E-state index contributed by atoms with van der Waals surface area (Å²) in [6.45, 7) is 5.39. The zero-order valence-corrected chi connectivity index (χ0v) is 14.7. The summed E-state index contributed by atoms with van der Waals surface area (Å²) in [5, 5.41) is 12.8. The average molecular weight is 349 g/mol. The fourth-order valence-corrected chi connectivity index (χ4v) is 4.02. The molecule has 26 heavy (non-hydrogen) atoms. The van der Waals surface area contributed by atoms with Crippen LogP contribution >= 0.6 is 0 Å². The van der Waals surface area contributed by atoms with Crippen molar-refractivity contribution >= 4 is 17.4 Å². The number of rotatable bonds is 2. The molecule has 0 N–H and O–H groups in total. The van der Waals surface area contributed by atoms with Gasteiger partial charge in [-0.15, -0.1) is 15.3 Å². The van der Waals surface area contributed by atoms with Gasteiger partial charge in [0.1, 0.15) is 11.5 Å². The topological polar surface area (TPSA) is 79.5 Å². The Morgan fingerprint density at radius 1 is 1.12 bits per heavy atom. The van der Waals surface area contributed by atoms with Gasteiger partial charge in [-0.1, -0.05) is 6.07 Å². The average Bonchev–Trinajstić information content (AvgIpc) is 3.02. The number of pyridine rings is 1. The van der Waals surface area contributed by atoms with Crippen molar-refractivity contribution in [2.24, 2.45) is 0 Å². The molecule has 0 aliphatic carbocycles. The van der Waals surface area contributed by atoms with Gasteiger partial charge in [-0.05, 0) is 44.0 Å². The van der Waals surface area contributed by atoms with Crippen LogP contribution in [0.5, 0.6) is 0 Å². The first-order valence-corrected chi connectivity index (χ1v) is 8.80. The molecule has 2 bridgehead atoms. The third kappa shape index (κ3) is 2.18. The maximum atomic E-state index is 12.9. The van der Waals surface area contributed by atoms with E-state index in [-0.39, 0.29) is 18.0 Å². The second kappa shape index (κ2) is 5.48. The van der Waals surface area contributed by atoms with Gasteiger partial charge < -0.3 is 9.80 Å². The molecule has 1 amide bonds. The van der Waals surface area contributed by atoms with Crippen LogP contribution in [0.3, 0.4) is 0 Å². The number of aryl methyl sites for hydroxylation is 2. The van der Waals surface area contributed by atoms with Crippen LogP contribution in [0.4, 0.5) is 5.82 Å². The van der Waals surface area contributed by atoms with E-state index in [0.29, 0.717) is 5.69 Å². The van der Waals surface area contributed by atoms with Crippen molar-refractivity contribution in [1.82, 2.24) is 29.7 Å². The molecule has 3 aromatic rings. The van der Waals surface area contributed by atoms with E-state index in [1.54, 1.807) is 10.7 Å². The number of nitrogens with zero attached hydrogens (tertiary/aromatic N) is 7. The molecular formula is C18H19N7O. The highest BCUT2D eigenvalue weighted by Crippen LogP contribution is 2.35. The number of fused-ring (bicyclic) bond motifs is 3. The summed E-state index contributed by atoms with van der Waals surface area (Å²) < 4.78 is 1.76. The van der Waals surface area contributed by atoms with Crippen LogP contribution in [-0.4, -0.2) is 60.8 Å².